The lowest BCUT2D eigenvalue weighted by Gasteiger charge is -2.11. The topological polar surface area (TPSA) is 66.4 Å². The number of nitrogens with one attached hydrogen (secondary N) is 1. The van der Waals surface area contributed by atoms with Gasteiger partial charge in [-0.3, -0.25) is 4.72 Å². The van der Waals surface area contributed by atoms with E-state index < -0.39 is 26.6 Å². The molecule has 2 aromatic rings. The van der Waals surface area contributed by atoms with Crippen molar-refractivity contribution in [3.05, 3.63) is 53.6 Å². The molecule has 0 unspecified atom stereocenters. The first-order valence-electron chi connectivity index (χ1n) is 5.57. The maximum absolute atomic E-state index is 13.5. The highest BCUT2D eigenvalue weighted by Gasteiger charge is 2.20. The van der Waals surface area contributed by atoms with E-state index in [4.69, 9.17) is 0 Å². The van der Waals surface area contributed by atoms with E-state index in [1.807, 2.05) is 0 Å². The summed E-state index contributed by atoms with van der Waals surface area (Å²) in [7, 11) is -4.25. The monoisotopic (exact) mass is 299 g/mol. The highest BCUT2D eigenvalue weighted by atomic mass is 32.2. The number of phenols is 1. The minimum atomic E-state index is -4.25. The van der Waals surface area contributed by atoms with Crippen molar-refractivity contribution < 1.29 is 22.3 Å². The Morgan fingerprint density at radius 3 is 2.45 bits per heavy atom. The van der Waals surface area contributed by atoms with E-state index in [0.29, 0.717) is 11.6 Å². The number of halogens is 2. The zero-order valence-electron chi connectivity index (χ0n) is 10.4. The summed E-state index contributed by atoms with van der Waals surface area (Å²) in [6.07, 6.45) is 0. The molecular weight excluding hydrogens is 288 g/mol. The van der Waals surface area contributed by atoms with Crippen LogP contribution in [0.3, 0.4) is 0 Å². The van der Waals surface area contributed by atoms with Crippen LogP contribution in [0.5, 0.6) is 5.75 Å². The molecule has 0 aromatic heterocycles. The van der Waals surface area contributed by atoms with Gasteiger partial charge in [0.05, 0.1) is 5.69 Å². The first-order valence-corrected chi connectivity index (χ1v) is 7.05. The predicted octanol–water partition coefficient (Wildman–Crippen LogP) is 2.78. The Bertz CT molecular complexity index is 760. The summed E-state index contributed by atoms with van der Waals surface area (Å²) in [5, 5.41) is 9.25. The highest BCUT2D eigenvalue weighted by molar-refractivity contribution is 7.92. The smallest absolute Gasteiger partial charge is 0.264 e. The van der Waals surface area contributed by atoms with Crippen LogP contribution in [-0.4, -0.2) is 13.5 Å². The van der Waals surface area contributed by atoms with Gasteiger partial charge in [0.2, 0.25) is 0 Å². The van der Waals surface area contributed by atoms with E-state index in [-0.39, 0.29) is 11.4 Å². The zero-order chi connectivity index (χ0) is 14.9. The third kappa shape index (κ3) is 2.88. The molecule has 0 heterocycles. The summed E-state index contributed by atoms with van der Waals surface area (Å²) >= 11 is 0. The van der Waals surface area contributed by atoms with Gasteiger partial charge in [0.15, 0.2) is 0 Å². The average molecular weight is 299 g/mol. The molecule has 4 nitrogen and oxygen atoms in total. The van der Waals surface area contributed by atoms with E-state index in [9.17, 15) is 22.3 Å². The molecule has 2 rings (SSSR count). The molecule has 7 heteroatoms. The lowest BCUT2D eigenvalue weighted by Crippen LogP contribution is -2.15. The first kappa shape index (κ1) is 14.3. The number of sulfonamides is 1. The van der Waals surface area contributed by atoms with Crippen molar-refractivity contribution in [3.8, 4) is 5.75 Å². The molecule has 0 radical (unpaired) electrons. The van der Waals surface area contributed by atoms with Crippen LogP contribution in [0.1, 0.15) is 5.56 Å². The van der Waals surface area contributed by atoms with Crippen LogP contribution < -0.4 is 4.72 Å². The Kier molecular flexibility index (Phi) is 3.63. The summed E-state index contributed by atoms with van der Waals surface area (Å²) < 4.78 is 52.8. The fourth-order valence-electron chi connectivity index (χ4n) is 1.65. The Morgan fingerprint density at radius 1 is 1.10 bits per heavy atom. The molecule has 106 valence electrons. The van der Waals surface area contributed by atoms with Crippen LogP contribution in [0.15, 0.2) is 41.3 Å². The van der Waals surface area contributed by atoms with Crippen molar-refractivity contribution in [2.45, 2.75) is 11.8 Å². The quantitative estimate of drug-likeness (QED) is 0.856. The standard InChI is InChI=1S/C13H11F2NO3S/c1-8-6-10(17)3-5-12(8)16-20(18,19)13-7-9(14)2-4-11(13)15/h2-7,16-17H,1H3. The van der Waals surface area contributed by atoms with Crippen LogP contribution >= 0.6 is 0 Å². The Hall–Kier alpha value is -2.15. The van der Waals surface area contributed by atoms with Crippen LogP contribution in [0.2, 0.25) is 0 Å². The summed E-state index contributed by atoms with van der Waals surface area (Å²) in [6, 6.07) is 6.15. The zero-order valence-corrected chi connectivity index (χ0v) is 11.2. The maximum atomic E-state index is 13.5. The average Bonchev–Trinajstić information content (AvgIpc) is 2.35. The molecule has 0 fully saturated rings. The minimum absolute atomic E-state index is 0.0256. The van der Waals surface area contributed by atoms with E-state index in [1.165, 1.54) is 18.2 Å². The molecule has 0 aliphatic carbocycles. The fourth-order valence-corrected chi connectivity index (χ4v) is 2.87. The van der Waals surface area contributed by atoms with Crippen molar-refractivity contribution in [2.75, 3.05) is 4.72 Å². The van der Waals surface area contributed by atoms with E-state index >= 15 is 0 Å². The molecule has 0 amide bonds. The third-order valence-corrected chi connectivity index (χ3v) is 4.02. The predicted molar refractivity (Wildman–Crippen MR) is 70.0 cm³/mol. The number of hydrogen-bond acceptors (Lipinski definition) is 3. The number of aryl methyl sites for hydroxylation is 1. The van der Waals surface area contributed by atoms with Gasteiger partial charge in [0.25, 0.3) is 10.0 Å². The first-order chi connectivity index (χ1) is 9.29. The third-order valence-electron chi connectivity index (χ3n) is 2.64. The Balaban J connectivity index is 2.43. The number of rotatable bonds is 3. The number of benzene rings is 2. The molecule has 0 saturated carbocycles. The van der Waals surface area contributed by atoms with Gasteiger partial charge in [-0.05, 0) is 48.9 Å². The van der Waals surface area contributed by atoms with Crippen LogP contribution in [0.4, 0.5) is 14.5 Å². The lowest BCUT2D eigenvalue weighted by molar-refractivity contribution is 0.475. The second-order valence-corrected chi connectivity index (χ2v) is 5.83. The van der Waals surface area contributed by atoms with Crippen molar-refractivity contribution in [1.82, 2.24) is 0 Å². The molecule has 0 aliphatic rings. The molecule has 0 spiro atoms. The molecule has 0 aliphatic heterocycles. The normalized spacial score (nSPS) is 11.3. The van der Waals surface area contributed by atoms with Crippen molar-refractivity contribution in [1.29, 1.82) is 0 Å². The van der Waals surface area contributed by atoms with Gasteiger partial charge in [-0.1, -0.05) is 0 Å². The molecule has 0 atom stereocenters. The summed E-state index contributed by atoms with van der Waals surface area (Å²) in [5.74, 6) is -1.92. The minimum Gasteiger partial charge on any atom is -0.508 e. The molecule has 2 N–H and O–H groups in total. The van der Waals surface area contributed by atoms with E-state index in [2.05, 4.69) is 4.72 Å². The van der Waals surface area contributed by atoms with Gasteiger partial charge in [-0.15, -0.1) is 0 Å². The second-order valence-electron chi connectivity index (χ2n) is 4.18. The van der Waals surface area contributed by atoms with Gasteiger partial charge in [-0.25, -0.2) is 17.2 Å². The van der Waals surface area contributed by atoms with Crippen molar-refractivity contribution in [2.24, 2.45) is 0 Å². The van der Waals surface area contributed by atoms with Gasteiger partial charge in [-0.2, -0.15) is 0 Å². The number of hydrogen-bond donors (Lipinski definition) is 2. The van der Waals surface area contributed by atoms with Crippen molar-refractivity contribution >= 4 is 15.7 Å². The molecule has 0 saturated heterocycles. The summed E-state index contributed by atoms with van der Waals surface area (Å²) in [6.45, 7) is 1.57. The second kappa shape index (κ2) is 5.09. The van der Waals surface area contributed by atoms with E-state index in [1.54, 1.807) is 6.92 Å². The Labute approximate surface area is 114 Å². The number of phenolic OH excluding ortho intramolecular Hbond substituents is 1. The SMILES string of the molecule is Cc1cc(O)ccc1NS(=O)(=O)c1cc(F)ccc1F. The van der Waals surface area contributed by atoms with Gasteiger partial charge >= 0.3 is 0 Å². The lowest BCUT2D eigenvalue weighted by atomic mass is 10.2. The van der Waals surface area contributed by atoms with Gasteiger partial charge < -0.3 is 5.11 Å². The van der Waals surface area contributed by atoms with Crippen molar-refractivity contribution in [3.63, 3.8) is 0 Å². The maximum Gasteiger partial charge on any atom is 0.264 e. The molecule has 0 bridgehead atoms. The van der Waals surface area contributed by atoms with Crippen LogP contribution in [0, 0.1) is 18.6 Å². The summed E-state index contributed by atoms with van der Waals surface area (Å²) in [4.78, 5) is -0.773. The highest BCUT2D eigenvalue weighted by Crippen LogP contribution is 2.24. The van der Waals surface area contributed by atoms with Crippen LogP contribution in [-0.2, 0) is 10.0 Å². The van der Waals surface area contributed by atoms with Crippen LogP contribution in [0.25, 0.3) is 0 Å². The van der Waals surface area contributed by atoms with Gasteiger partial charge in [0, 0.05) is 0 Å². The largest absolute Gasteiger partial charge is 0.508 e. The Morgan fingerprint density at radius 2 is 1.80 bits per heavy atom. The van der Waals surface area contributed by atoms with Gasteiger partial charge in [0.1, 0.15) is 22.3 Å². The fraction of sp³-hybridized carbons (Fsp3) is 0.0769. The molecule has 2 aromatic carbocycles. The number of anilines is 1. The molecular formula is C13H11F2NO3S. The molecule has 20 heavy (non-hydrogen) atoms. The summed E-state index contributed by atoms with van der Waals surface area (Å²) in [5.41, 5.74) is 0.622. The number of aromatic hydroxyl groups is 1. The van der Waals surface area contributed by atoms with E-state index in [0.717, 1.165) is 12.1 Å².